The molecule has 0 spiro atoms. The fraction of sp³-hybridized carbons (Fsp3) is 0.353. The van der Waals surface area contributed by atoms with Crippen LogP contribution in [0.4, 0.5) is 5.69 Å². The van der Waals surface area contributed by atoms with Gasteiger partial charge in [-0.25, -0.2) is 0 Å². The van der Waals surface area contributed by atoms with Crippen LogP contribution in [0, 0.1) is 5.41 Å². The lowest BCUT2D eigenvalue weighted by Crippen LogP contribution is -2.46. The molecule has 0 radical (unpaired) electrons. The first kappa shape index (κ1) is 14.5. The number of anilines is 1. The van der Waals surface area contributed by atoms with Gasteiger partial charge in [-0.15, -0.1) is 0 Å². The number of amides is 1. The first-order valence-electron chi connectivity index (χ1n) is 7.39. The Bertz CT molecular complexity index is 717. The van der Waals surface area contributed by atoms with Gasteiger partial charge < -0.3 is 10.1 Å². The summed E-state index contributed by atoms with van der Waals surface area (Å²) in [6.07, 6.45) is 4.16. The molecular formula is C17H18N2O3. The van der Waals surface area contributed by atoms with Crippen molar-refractivity contribution in [2.75, 3.05) is 11.9 Å². The van der Waals surface area contributed by atoms with E-state index in [1.165, 1.54) is 6.92 Å². The zero-order valence-corrected chi connectivity index (χ0v) is 12.5. The van der Waals surface area contributed by atoms with Crippen molar-refractivity contribution in [2.45, 2.75) is 26.2 Å². The Morgan fingerprint density at radius 3 is 2.73 bits per heavy atom. The molecule has 1 heterocycles. The summed E-state index contributed by atoms with van der Waals surface area (Å²) < 4.78 is 5.08. The van der Waals surface area contributed by atoms with E-state index in [0.29, 0.717) is 5.69 Å². The molecule has 0 unspecified atom stereocenters. The molecule has 5 nitrogen and oxygen atoms in total. The van der Waals surface area contributed by atoms with Crippen molar-refractivity contribution in [2.24, 2.45) is 5.41 Å². The monoisotopic (exact) mass is 298 g/mol. The van der Waals surface area contributed by atoms with Crippen LogP contribution in [0.3, 0.4) is 0 Å². The number of ether oxygens (including phenoxy) is 1. The quantitative estimate of drug-likeness (QED) is 0.881. The van der Waals surface area contributed by atoms with Crippen molar-refractivity contribution in [3.05, 3.63) is 36.5 Å². The van der Waals surface area contributed by atoms with Crippen molar-refractivity contribution in [3.8, 4) is 0 Å². The van der Waals surface area contributed by atoms with Gasteiger partial charge in [-0.05, 0) is 25.0 Å². The van der Waals surface area contributed by atoms with E-state index in [1.54, 1.807) is 6.20 Å². The summed E-state index contributed by atoms with van der Waals surface area (Å²) in [4.78, 5) is 28.0. The second-order valence-electron chi connectivity index (χ2n) is 5.75. The van der Waals surface area contributed by atoms with Gasteiger partial charge in [0.25, 0.3) is 0 Å². The Kier molecular flexibility index (Phi) is 3.79. The highest BCUT2D eigenvalue weighted by molar-refractivity contribution is 6.02. The van der Waals surface area contributed by atoms with E-state index in [4.69, 9.17) is 4.74 Å². The van der Waals surface area contributed by atoms with Crippen LogP contribution >= 0.6 is 0 Å². The fourth-order valence-corrected chi connectivity index (χ4v) is 2.74. The lowest BCUT2D eigenvalue weighted by Gasteiger charge is -2.39. The number of carbonyl (C=O) groups excluding carboxylic acids is 2. The molecule has 0 bridgehead atoms. The average molecular weight is 298 g/mol. The molecule has 1 aromatic heterocycles. The predicted molar refractivity (Wildman–Crippen MR) is 83.3 cm³/mol. The molecule has 1 N–H and O–H groups in total. The Labute approximate surface area is 128 Å². The Morgan fingerprint density at radius 1 is 1.27 bits per heavy atom. The third-order valence-corrected chi connectivity index (χ3v) is 4.22. The van der Waals surface area contributed by atoms with E-state index in [1.807, 2.05) is 30.3 Å². The zero-order chi connectivity index (χ0) is 15.6. The maximum absolute atomic E-state index is 12.6. The smallest absolute Gasteiger partial charge is 0.302 e. The maximum atomic E-state index is 12.6. The summed E-state index contributed by atoms with van der Waals surface area (Å²) in [5.41, 5.74) is 0.861. The van der Waals surface area contributed by atoms with Gasteiger partial charge in [0.15, 0.2) is 0 Å². The molecule has 1 amide bonds. The Morgan fingerprint density at radius 2 is 2.05 bits per heavy atom. The number of carbonyl (C=O) groups is 2. The van der Waals surface area contributed by atoms with E-state index < -0.39 is 5.41 Å². The molecule has 2 aromatic rings. The van der Waals surface area contributed by atoms with Crippen LogP contribution in [-0.4, -0.2) is 23.5 Å². The maximum Gasteiger partial charge on any atom is 0.302 e. The molecule has 1 aliphatic carbocycles. The molecule has 0 aliphatic heterocycles. The van der Waals surface area contributed by atoms with Crippen molar-refractivity contribution in [3.63, 3.8) is 0 Å². The number of hydrogen-bond acceptors (Lipinski definition) is 4. The Balaban J connectivity index is 1.82. The molecule has 1 aromatic carbocycles. The third kappa shape index (κ3) is 2.66. The number of nitrogens with one attached hydrogen (secondary N) is 1. The van der Waals surface area contributed by atoms with Gasteiger partial charge in [0.1, 0.15) is 6.61 Å². The first-order valence-corrected chi connectivity index (χ1v) is 7.39. The zero-order valence-electron chi connectivity index (χ0n) is 12.5. The summed E-state index contributed by atoms with van der Waals surface area (Å²) in [6.45, 7) is 1.51. The summed E-state index contributed by atoms with van der Waals surface area (Å²) in [6, 6.07) is 9.50. The highest BCUT2D eigenvalue weighted by atomic mass is 16.5. The van der Waals surface area contributed by atoms with Gasteiger partial charge in [0, 0.05) is 18.5 Å². The molecule has 1 fully saturated rings. The van der Waals surface area contributed by atoms with Gasteiger partial charge in [-0.1, -0.05) is 24.6 Å². The fourth-order valence-electron chi connectivity index (χ4n) is 2.74. The molecule has 1 aliphatic rings. The summed E-state index contributed by atoms with van der Waals surface area (Å²) in [5, 5.41) is 3.93. The highest BCUT2D eigenvalue weighted by Crippen LogP contribution is 2.42. The molecule has 0 saturated heterocycles. The number of esters is 1. The first-order chi connectivity index (χ1) is 10.6. The lowest BCUT2D eigenvalue weighted by atomic mass is 9.68. The van der Waals surface area contributed by atoms with Crippen molar-refractivity contribution < 1.29 is 14.3 Å². The van der Waals surface area contributed by atoms with Crippen molar-refractivity contribution >= 4 is 28.5 Å². The van der Waals surface area contributed by atoms with E-state index >= 15 is 0 Å². The van der Waals surface area contributed by atoms with Crippen LogP contribution in [0.15, 0.2) is 36.5 Å². The summed E-state index contributed by atoms with van der Waals surface area (Å²) in [7, 11) is 0. The van der Waals surface area contributed by atoms with Crippen LogP contribution in [-0.2, 0) is 14.3 Å². The van der Waals surface area contributed by atoms with Crippen LogP contribution < -0.4 is 5.32 Å². The van der Waals surface area contributed by atoms with Crippen LogP contribution in [0.1, 0.15) is 26.2 Å². The number of para-hydroxylation sites is 1. The number of rotatable bonds is 4. The molecule has 0 atom stereocenters. The van der Waals surface area contributed by atoms with Gasteiger partial charge >= 0.3 is 5.97 Å². The summed E-state index contributed by atoms with van der Waals surface area (Å²) in [5.74, 6) is -0.455. The lowest BCUT2D eigenvalue weighted by molar-refractivity contribution is -0.151. The molecule has 114 valence electrons. The number of aromatic nitrogens is 1. The topological polar surface area (TPSA) is 68.3 Å². The SMILES string of the molecule is CC(=O)OCC1(C(=O)Nc2cccc3cccnc23)CCC1. The molecule has 1 saturated carbocycles. The van der Waals surface area contributed by atoms with E-state index in [-0.39, 0.29) is 18.5 Å². The largest absolute Gasteiger partial charge is 0.465 e. The van der Waals surface area contributed by atoms with Crippen molar-refractivity contribution in [1.82, 2.24) is 4.98 Å². The van der Waals surface area contributed by atoms with Crippen LogP contribution in [0.2, 0.25) is 0 Å². The van der Waals surface area contributed by atoms with Gasteiger partial charge in [0.05, 0.1) is 16.6 Å². The van der Waals surface area contributed by atoms with E-state index in [0.717, 1.165) is 30.2 Å². The number of hydrogen-bond donors (Lipinski definition) is 1. The minimum Gasteiger partial charge on any atom is -0.465 e. The summed E-state index contributed by atoms with van der Waals surface area (Å²) >= 11 is 0. The van der Waals surface area contributed by atoms with Crippen molar-refractivity contribution in [1.29, 1.82) is 0 Å². The highest BCUT2D eigenvalue weighted by Gasteiger charge is 2.45. The predicted octanol–water partition coefficient (Wildman–Crippen LogP) is 2.91. The standard InChI is InChI=1S/C17H18N2O3/c1-12(20)22-11-17(8-4-9-17)16(21)19-14-7-2-5-13-6-3-10-18-15(13)14/h2-3,5-7,10H,4,8-9,11H2,1H3,(H,19,21). The second kappa shape index (κ2) is 5.75. The number of benzene rings is 1. The molecule has 5 heteroatoms. The molecular weight excluding hydrogens is 280 g/mol. The molecule has 3 rings (SSSR count). The molecule has 22 heavy (non-hydrogen) atoms. The number of fused-ring (bicyclic) bond motifs is 1. The number of pyridine rings is 1. The minimum absolute atomic E-state index is 0.0989. The average Bonchev–Trinajstić information content (AvgIpc) is 2.46. The van der Waals surface area contributed by atoms with Gasteiger partial charge in [0.2, 0.25) is 5.91 Å². The van der Waals surface area contributed by atoms with Gasteiger partial charge in [-0.2, -0.15) is 0 Å². The normalized spacial score (nSPS) is 15.9. The Hall–Kier alpha value is -2.43. The second-order valence-corrected chi connectivity index (χ2v) is 5.75. The van der Waals surface area contributed by atoms with Crippen LogP contribution in [0.25, 0.3) is 10.9 Å². The van der Waals surface area contributed by atoms with Gasteiger partial charge in [-0.3, -0.25) is 14.6 Å². The third-order valence-electron chi connectivity index (χ3n) is 4.22. The minimum atomic E-state index is -0.595. The van der Waals surface area contributed by atoms with E-state index in [9.17, 15) is 9.59 Å². The number of nitrogens with zero attached hydrogens (tertiary/aromatic N) is 1. The van der Waals surface area contributed by atoms with E-state index in [2.05, 4.69) is 10.3 Å². The van der Waals surface area contributed by atoms with Crippen LogP contribution in [0.5, 0.6) is 0 Å².